The largest absolute Gasteiger partial charge is 0.356 e. The third kappa shape index (κ3) is 4.55. The van der Waals surface area contributed by atoms with Gasteiger partial charge in [-0.15, -0.1) is 0 Å². The normalized spacial score (nSPS) is 18.2. The fraction of sp³-hybridized carbons (Fsp3) is 0.478. The second-order valence-electron chi connectivity index (χ2n) is 8.18. The lowest BCUT2D eigenvalue weighted by molar-refractivity contribution is -0.122. The highest BCUT2D eigenvalue weighted by atomic mass is 32.2. The van der Waals surface area contributed by atoms with E-state index in [1.807, 2.05) is 19.1 Å². The maximum Gasteiger partial charge on any atom is 0.267 e. The molecule has 2 aromatic heterocycles. The second-order valence-corrected chi connectivity index (χ2v) is 9.85. The Morgan fingerprint density at radius 3 is 2.68 bits per heavy atom. The van der Waals surface area contributed by atoms with Crippen molar-refractivity contribution in [1.29, 1.82) is 0 Å². The van der Waals surface area contributed by atoms with Gasteiger partial charge in [-0.05, 0) is 43.9 Å². The van der Waals surface area contributed by atoms with E-state index in [9.17, 15) is 9.59 Å². The molecule has 6 nitrogen and oxygen atoms in total. The van der Waals surface area contributed by atoms with Crippen LogP contribution in [0.25, 0.3) is 11.7 Å². The Kier molecular flexibility index (Phi) is 6.77. The van der Waals surface area contributed by atoms with Crippen LogP contribution < -0.4 is 10.5 Å². The van der Waals surface area contributed by atoms with Gasteiger partial charge in [-0.2, -0.15) is 0 Å². The van der Waals surface area contributed by atoms with E-state index in [4.69, 9.17) is 17.2 Å². The number of unbranched alkanes of at least 4 members (excludes halogenated alkanes) is 3. The Labute approximate surface area is 192 Å². The van der Waals surface area contributed by atoms with E-state index in [1.165, 1.54) is 11.8 Å². The number of pyridine rings is 1. The van der Waals surface area contributed by atoms with Crippen molar-refractivity contribution in [2.24, 2.45) is 0 Å². The first kappa shape index (κ1) is 22.0. The molecule has 2 fully saturated rings. The average Bonchev–Trinajstić information content (AvgIpc) is 3.37. The number of aryl methyl sites for hydroxylation is 1. The van der Waals surface area contributed by atoms with Crippen LogP contribution >= 0.6 is 24.0 Å². The van der Waals surface area contributed by atoms with Crippen molar-refractivity contribution < 1.29 is 4.79 Å². The maximum absolute atomic E-state index is 13.4. The van der Waals surface area contributed by atoms with Crippen LogP contribution in [0.4, 0.5) is 5.82 Å². The van der Waals surface area contributed by atoms with Crippen LogP contribution in [0.15, 0.2) is 28.0 Å². The summed E-state index contributed by atoms with van der Waals surface area (Å²) < 4.78 is 2.15. The number of hydrogen-bond donors (Lipinski definition) is 0. The number of fused-ring (bicyclic) bond motifs is 1. The zero-order valence-corrected chi connectivity index (χ0v) is 19.7. The molecule has 0 saturated carbocycles. The average molecular weight is 457 g/mol. The monoisotopic (exact) mass is 456 g/mol. The smallest absolute Gasteiger partial charge is 0.267 e. The lowest BCUT2D eigenvalue weighted by atomic mass is 10.2. The van der Waals surface area contributed by atoms with Crippen LogP contribution in [0, 0.1) is 6.92 Å². The van der Waals surface area contributed by atoms with E-state index >= 15 is 0 Å². The van der Waals surface area contributed by atoms with Crippen LogP contribution in [0.3, 0.4) is 0 Å². The lowest BCUT2D eigenvalue weighted by Gasteiger charge is -2.19. The molecule has 0 N–H and O–H groups in total. The quantitative estimate of drug-likeness (QED) is 0.350. The van der Waals surface area contributed by atoms with E-state index < -0.39 is 0 Å². The van der Waals surface area contributed by atoms with Crippen molar-refractivity contribution in [2.45, 2.75) is 52.4 Å². The van der Waals surface area contributed by atoms with Gasteiger partial charge in [0.2, 0.25) is 0 Å². The van der Waals surface area contributed by atoms with Gasteiger partial charge in [0.15, 0.2) is 0 Å². The van der Waals surface area contributed by atoms with Gasteiger partial charge < -0.3 is 4.90 Å². The highest BCUT2D eigenvalue weighted by molar-refractivity contribution is 8.26. The standard InChI is InChI=1S/C23H28N4O2S2/c1-3-4-5-6-13-26-22(29)18(31-23(26)30)14-17-20(25-11-7-8-12-25)24-19-10-9-16(2)15-27(19)21(17)28/h9-10,14-15H,3-8,11-13H2,1-2H3. The van der Waals surface area contributed by atoms with Gasteiger partial charge >= 0.3 is 0 Å². The molecule has 2 aromatic rings. The molecule has 0 atom stereocenters. The molecule has 0 bridgehead atoms. The Hall–Kier alpha value is -2.19. The third-order valence-electron chi connectivity index (χ3n) is 5.78. The number of rotatable bonds is 7. The molecule has 4 rings (SSSR count). The number of hydrogen-bond acceptors (Lipinski definition) is 6. The highest BCUT2D eigenvalue weighted by Crippen LogP contribution is 2.34. The van der Waals surface area contributed by atoms with Crippen LogP contribution in [-0.2, 0) is 4.79 Å². The van der Waals surface area contributed by atoms with Crippen molar-refractivity contribution in [3.05, 3.63) is 44.7 Å². The molecular formula is C23H28N4O2S2. The van der Waals surface area contributed by atoms with Gasteiger partial charge in [0.25, 0.3) is 11.5 Å². The summed E-state index contributed by atoms with van der Waals surface area (Å²) >= 11 is 6.76. The summed E-state index contributed by atoms with van der Waals surface area (Å²) in [6, 6.07) is 3.83. The fourth-order valence-electron chi connectivity index (χ4n) is 4.06. The van der Waals surface area contributed by atoms with Crippen LogP contribution in [-0.4, -0.2) is 44.1 Å². The zero-order valence-electron chi connectivity index (χ0n) is 18.1. The van der Waals surface area contributed by atoms with Crippen molar-refractivity contribution in [1.82, 2.24) is 14.3 Å². The molecule has 2 aliphatic heterocycles. The Bertz CT molecular complexity index is 1100. The summed E-state index contributed by atoms with van der Waals surface area (Å²) in [6.45, 7) is 6.48. The van der Waals surface area contributed by atoms with Gasteiger partial charge in [0, 0.05) is 25.8 Å². The Morgan fingerprint density at radius 2 is 1.94 bits per heavy atom. The molecule has 164 valence electrons. The lowest BCUT2D eigenvalue weighted by Crippen LogP contribution is -2.29. The highest BCUT2D eigenvalue weighted by Gasteiger charge is 2.32. The number of thiocarbonyl (C=S) groups is 1. The van der Waals surface area contributed by atoms with E-state index in [1.54, 1.807) is 21.6 Å². The first-order chi connectivity index (χ1) is 15.0. The Morgan fingerprint density at radius 1 is 1.16 bits per heavy atom. The summed E-state index contributed by atoms with van der Waals surface area (Å²) in [6.07, 6.45) is 9.99. The van der Waals surface area contributed by atoms with Crippen LogP contribution in [0.5, 0.6) is 0 Å². The first-order valence-corrected chi connectivity index (χ1v) is 12.3. The number of amides is 1. The van der Waals surface area contributed by atoms with E-state index in [2.05, 4.69) is 11.8 Å². The van der Waals surface area contributed by atoms with E-state index in [0.29, 0.717) is 32.8 Å². The molecule has 0 radical (unpaired) electrons. The van der Waals surface area contributed by atoms with Gasteiger partial charge in [0.05, 0.1) is 10.5 Å². The number of anilines is 1. The van der Waals surface area contributed by atoms with Gasteiger partial charge in [-0.3, -0.25) is 18.9 Å². The van der Waals surface area contributed by atoms with E-state index in [-0.39, 0.29) is 11.5 Å². The number of carbonyl (C=O) groups excluding carboxylic acids is 1. The van der Waals surface area contributed by atoms with Gasteiger partial charge in [-0.25, -0.2) is 4.98 Å². The van der Waals surface area contributed by atoms with Crippen molar-refractivity contribution in [3.63, 3.8) is 0 Å². The molecule has 0 aromatic carbocycles. The van der Waals surface area contributed by atoms with Gasteiger partial charge in [-0.1, -0.05) is 56.2 Å². The molecule has 0 spiro atoms. The molecule has 2 saturated heterocycles. The predicted octanol–water partition coefficient (Wildman–Crippen LogP) is 4.38. The number of aromatic nitrogens is 2. The van der Waals surface area contributed by atoms with Crippen LogP contribution in [0.1, 0.15) is 56.6 Å². The fourth-order valence-corrected chi connectivity index (χ4v) is 5.35. The minimum absolute atomic E-state index is 0.104. The molecule has 31 heavy (non-hydrogen) atoms. The third-order valence-corrected chi connectivity index (χ3v) is 7.15. The maximum atomic E-state index is 13.4. The number of nitrogens with zero attached hydrogens (tertiary/aromatic N) is 4. The van der Waals surface area contributed by atoms with Crippen molar-refractivity contribution in [2.75, 3.05) is 24.5 Å². The molecule has 0 aliphatic carbocycles. The minimum Gasteiger partial charge on any atom is -0.356 e. The topological polar surface area (TPSA) is 57.9 Å². The van der Waals surface area contributed by atoms with E-state index in [0.717, 1.165) is 57.2 Å². The molecule has 0 unspecified atom stereocenters. The van der Waals surface area contributed by atoms with Crippen LogP contribution in [0.2, 0.25) is 0 Å². The summed E-state index contributed by atoms with van der Waals surface area (Å²) in [5, 5.41) is 0. The zero-order chi connectivity index (χ0) is 22.0. The summed E-state index contributed by atoms with van der Waals surface area (Å²) in [4.78, 5) is 35.6. The minimum atomic E-state index is -0.149. The molecule has 2 aliphatic rings. The predicted molar refractivity (Wildman–Crippen MR) is 132 cm³/mol. The van der Waals surface area contributed by atoms with Crippen molar-refractivity contribution in [3.8, 4) is 0 Å². The van der Waals surface area contributed by atoms with Gasteiger partial charge in [0.1, 0.15) is 15.8 Å². The summed E-state index contributed by atoms with van der Waals surface area (Å²) in [5.41, 5.74) is 1.92. The second kappa shape index (κ2) is 9.53. The SMILES string of the molecule is CCCCCCN1C(=O)C(=Cc2c(N3CCCC3)nc3ccc(C)cn3c2=O)SC1=S. The molecule has 4 heterocycles. The number of carbonyl (C=O) groups is 1. The number of thioether (sulfide) groups is 1. The summed E-state index contributed by atoms with van der Waals surface area (Å²) in [5.74, 6) is 0.562. The summed E-state index contributed by atoms with van der Waals surface area (Å²) in [7, 11) is 0. The molecule has 1 amide bonds. The first-order valence-electron chi connectivity index (χ1n) is 11.0. The Balaban J connectivity index is 1.73. The van der Waals surface area contributed by atoms with Crippen molar-refractivity contribution >= 4 is 51.7 Å². The molecular weight excluding hydrogens is 428 g/mol. The molecule has 8 heteroatoms.